The van der Waals surface area contributed by atoms with Gasteiger partial charge in [-0.3, -0.25) is 4.79 Å². The molecule has 1 fully saturated rings. The van der Waals surface area contributed by atoms with Gasteiger partial charge >= 0.3 is 6.18 Å². The van der Waals surface area contributed by atoms with E-state index in [1.807, 2.05) is 0 Å². The first-order valence-corrected chi connectivity index (χ1v) is 9.88. The van der Waals surface area contributed by atoms with Crippen molar-refractivity contribution in [2.75, 3.05) is 11.9 Å². The molecule has 0 unspecified atom stereocenters. The molecule has 1 aliphatic heterocycles. The monoisotopic (exact) mass is 417 g/mol. The summed E-state index contributed by atoms with van der Waals surface area (Å²) in [6.07, 6.45) is -3.84. The zero-order chi connectivity index (χ0) is 20.7. The average Bonchev–Trinajstić information content (AvgIpc) is 3.22. The molecule has 0 saturated carbocycles. The van der Waals surface area contributed by atoms with E-state index in [1.54, 1.807) is 0 Å². The highest BCUT2D eigenvalue weighted by Gasteiger charge is 2.42. The average molecular weight is 417 g/mol. The molecule has 1 amide bonds. The second kappa shape index (κ2) is 7.21. The number of halogens is 3. The maximum atomic E-state index is 13.0. The molecule has 2 heterocycles. The van der Waals surface area contributed by atoms with Crippen LogP contribution in [-0.2, 0) is 21.0 Å². The van der Waals surface area contributed by atoms with Gasteiger partial charge in [-0.05, 0) is 44.9 Å². The number of aromatic nitrogens is 1. The van der Waals surface area contributed by atoms with E-state index in [1.165, 1.54) is 26.0 Å². The van der Waals surface area contributed by atoms with E-state index in [9.17, 15) is 26.4 Å². The van der Waals surface area contributed by atoms with E-state index in [-0.39, 0.29) is 35.0 Å². The highest BCUT2D eigenvalue weighted by molar-refractivity contribution is 7.89. The fourth-order valence-electron chi connectivity index (χ4n) is 3.25. The number of rotatable bonds is 4. The van der Waals surface area contributed by atoms with Crippen LogP contribution in [0.1, 0.15) is 29.9 Å². The maximum absolute atomic E-state index is 13.0. The fraction of sp³-hybridized carbons (Fsp3) is 0.412. The van der Waals surface area contributed by atoms with Crippen LogP contribution in [0.4, 0.5) is 18.9 Å². The van der Waals surface area contributed by atoms with Gasteiger partial charge < -0.3 is 9.84 Å². The van der Waals surface area contributed by atoms with Crippen LogP contribution in [0.15, 0.2) is 33.7 Å². The Balaban J connectivity index is 1.84. The lowest BCUT2D eigenvalue weighted by atomic mass is 10.1. The number of alkyl halides is 3. The Kier molecular flexibility index (Phi) is 5.24. The molecular formula is C17H18F3N3O4S. The third-order valence-electron chi connectivity index (χ3n) is 4.50. The number of sulfonamides is 1. The van der Waals surface area contributed by atoms with Crippen molar-refractivity contribution in [3.8, 4) is 0 Å². The number of hydrogen-bond acceptors (Lipinski definition) is 5. The smallest absolute Gasteiger partial charge is 0.360 e. The number of carbonyl (C=O) groups is 1. The number of nitrogens with zero attached hydrogens (tertiary/aromatic N) is 2. The molecule has 0 spiro atoms. The normalized spacial score (nSPS) is 18.4. The quantitative estimate of drug-likeness (QED) is 0.825. The summed E-state index contributed by atoms with van der Waals surface area (Å²) in [4.78, 5) is 12.5. The largest absolute Gasteiger partial charge is 0.416 e. The van der Waals surface area contributed by atoms with Gasteiger partial charge in [0, 0.05) is 12.2 Å². The highest BCUT2D eigenvalue weighted by atomic mass is 32.2. The lowest BCUT2D eigenvalue weighted by molar-refractivity contribution is -0.137. The van der Waals surface area contributed by atoms with Crippen molar-refractivity contribution in [1.29, 1.82) is 0 Å². The summed E-state index contributed by atoms with van der Waals surface area (Å²) < 4.78 is 70.5. The van der Waals surface area contributed by atoms with Crippen LogP contribution in [-0.4, -0.2) is 36.4 Å². The number of benzene rings is 1. The summed E-state index contributed by atoms with van der Waals surface area (Å²) in [5.74, 6) is -0.575. The zero-order valence-electron chi connectivity index (χ0n) is 15.1. The zero-order valence-corrected chi connectivity index (χ0v) is 15.9. The summed E-state index contributed by atoms with van der Waals surface area (Å²) in [5, 5.41) is 6.03. The Morgan fingerprint density at radius 1 is 1.32 bits per heavy atom. The SMILES string of the molecule is Cc1noc(C)c1S(=O)(=O)N1CCC[C@H]1C(=O)Nc1cccc(C(F)(F)F)c1. The predicted molar refractivity (Wildman–Crippen MR) is 93.0 cm³/mol. The fourth-order valence-corrected chi connectivity index (χ4v) is 5.20. The van der Waals surface area contributed by atoms with E-state index in [4.69, 9.17) is 4.52 Å². The topological polar surface area (TPSA) is 92.5 Å². The summed E-state index contributed by atoms with van der Waals surface area (Å²) in [6.45, 7) is 3.06. The van der Waals surface area contributed by atoms with Crippen LogP contribution in [0, 0.1) is 13.8 Å². The summed E-state index contributed by atoms with van der Waals surface area (Å²) in [7, 11) is -4.04. The summed E-state index contributed by atoms with van der Waals surface area (Å²) in [6, 6.07) is 3.15. The molecule has 1 aromatic carbocycles. The number of aryl methyl sites for hydroxylation is 2. The Morgan fingerprint density at radius 3 is 2.64 bits per heavy atom. The van der Waals surface area contributed by atoms with Crippen molar-refractivity contribution in [2.24, 2.45) is 0 Å². The van der Waals surface area contributed by atoms with Crippen LogP contribution in [0.2, 0.25) is 0 Å². The van der Waals surface area contributed by atoms with Crippen molar-refractivity contribution < 1.29 is 30.9 Å². The van der Waals surface area contributed by atoms with Crippen molar-refractivity contribution in [1.82, 2.24) is 9.46 Å². The van der Waals surface area contributed by atoms with Crippen molar-refractivity contribution in [3.63, 3.8) is 0 Å². The third kappa shape index (κ3) is 3.76. The minimum atomic E-state index is -4.55. The Hall–Kier alpha value is -2.40. The van der Waals surface area contributed by atoms with Gasteiger partial charge in [-0.25, -0.2) is 8.42 Å². The van der Waals surface area contributed by atoms with E-state index >= 15 is 0 Å². The first-order valence-electron chi connectivity index (χ1n) is 8.44. The lowest BCUT2D eigenvalue weighted by Crippen LogP contribution is -2.43. The minimum Gasteiger partial charge on any atom is -0.360 e. The molecule has 1 aromatic heterocycles. The number of nitrogens with one attached hydrogen (secondary N) is 1. The van der Waals surface area contributed by atoms with Gasteiger partial charge in [0.25, 0.3) is 0 Å². The summed E-state index contributed by atoms with van der Waals surface area (Å²) >= 11 is 0. The van der Waals surface area contributed by atoms with Gasteiger partial charge in [0.2, 0.25) is 15.9 Å². The van der Waals surface area contributed by atoms with Crippen LogP contribution in [0.5, 0.6) is 0 Å². The molecule has 11 heteroatoms. The molecule has 0 radical (unpaired) electrons. The third-order valence-corrected chi connectivity index (χ3v) is 6.65. The Bertz CT molecular complexity index is 982. The van der Waals surface area contributed by atoms with E-state index < -0.39 is 33.7 Å². The van der Waals surface area contributed by atoms with Crippen molar-refractivity contribution in [3.05, 3.63) is 41.3 Å². The molecule has 1 saturated heterocycles. The van der Waals surface area contributed by atoms with Crippen LogP contribution < -0.4 is 5.32 Å². The van der Waals surface area contributed by atoms with E-state index in [0.717, 1.165) is 16.4 Å². The van der Waals surface area contributed by atoms with E-state index in [2.05, 4.69) is 10.5 Å². The Labute approximate surface area is 159 Å². The molecule has 0 aliphatic carbocycles. The van der Waals surface area contributed by atoms with Gasteiger partial charge in [-0.2, -0.15) is 17.5 Å². The van der Waals surface area contributed by atoms with Crippen LogP contribution >= 0.6 is 0 Å². The van der Waals surface area contributed by atoms with E-state index in [0.29, 0.717) is 6.42 Å². The number of hydrogen-bond donors (Lipinski definition) is 1. The molecule has 1 aliphatic rings. The minimum absolute atomic E-state index is 0.0542. The second-order valence-electron chi connectivity index (χ2n) is 6.49. The number of carbonyl (C=O) groups excluding carboxylic acids is 1. The molecular weight excluding hydrogens is 399 g/mol. The molecule has 7 nitrogen and oxygen atoms in total. The van der Waals surface area contributed by atoms with Crippen molar-refractivity contribution >= 4 is 21.6 Å². The maximum Gasteiger partial charge on any atom is 0.416 e. The predicted octanol–water partition coefficient (Wildman–Crippen LogP) is 3.10. The Morgan fingerprint density at radius 2 is 2.04 bits per heavy atom. The standard InChI is InChI=1S/C17H18F3N3O4S/c1-10-15(11(2)27-22-10)28(25,26)23-8-4-7-14(23)16(24)21-13-6-3-5-12(9-13)17(18,19)20/h3,5-6,9,14H,4,7-8H2,1-2H3,(H,21,24)/t14-/m0/s1. The van der Waals surface area contributed by atoms with Gasteiger partial charge in [-0.1, -0.05) is 11.2 Å². The molecule has 3 rings (SSSR count). The highest BCUT2D eigenvalue weighted by Crippen LogP contribution is 2.32. The molecule has 1 N–H and O–H groups in total. The van der Waals surface area contributed by atoms with Gasteiger partial charge in [0.05, 0.1) is 5.56 Å². The van der Waals surface area contributed by atoms with Crippen LogP contribution in [0.25, 0.3) is 0 Å². The molecule has 152 valence electrons. The number of anilines is 1. The second-order valence-corrected chi connectivity index (χ2v) is 8.32. The van der Waals surface area contributed by atoms with Crippen LogP contribution in [0.3, 0.4) is 0 Å². The first-order chi connectivity index (χ1) is 13.0. The molecule has 2 aromatic rings. The van der Waals surface area contributed by atoms with Gasteiger partial charge in [0.15, 0.2) is 5.76 Å². The van der Waals surface area contributed by atoms with Crippen molar-refractivity contribution in [2.45, 2.75) is 43.8 Å². The van der Waals surface area contributed by atoms with Gasteiger partial charge in [0.1, 0.15) is 16.6 Å². The first kappa shape index (κ1) is 20.3. The number of amides is 1. The lowest BCUT2D eigenvalue weighted by Gasteiger charge is -2.23. The molecule has 0 bridgehead atoms. The molecule has 28 heavy (non-hydrogen) atoms. The van der Waals surface area contributed by atoms with Gasteiger partial charge in [-0.15, -0.1) is 0 Å². The molecule has 1 atom stereocenters. The summed E-state index contributed by atoms with van der Waals surface area (Å²) in [5.41, 5.74) is -0.778.